The zero-order chi connectivity index (χ0) is 32.5. The molecule has 11 heteroatoms. The molecule has 0 bridgehead atoms. The third-order valence-electron chi connectivity index (χ3n) is 9.24. The highest BCUT2D eigenvalue weighted by Crippen LogP contribution is 2.33. The third-order valence-corrected chi connectivity index (χ3v) is 9.24. The van der Waals surface area contributed by atoms with E-state index < -0.39 is 18.0 Å². The first-order valence-electron chi connectivity index (χ1n) is 15.0. The van der Waals surface area contributed by atoms with Crippen molar-refractivity contribution >= 4 is 29.8 Å². The number of aliphatic carboxylic acids is 2. The number of allylic oxidation sites excluding steroid dienone is 1. The molecule has 2 aromatic heterocycles. The van der Waals surface area contributed by atoms with Crippen molar-refractivity contribution in [2.45, 2.75) is 85.3 Å². The monoisotopic (exact) mass is 606 g/mol. The minimum atomic E-state index is -1.62. The molecule has 2 amide bonds. The van der Waals surface area contributed by atoms with Crippen LogP contribution in [0.3, 0.4) is 0 Å². The summed E-state index contributed by atoms with van der Waals surface area (Å²) in [6, 6.07) is -0.240. The fraction of sp³-hybridized carbons (Fsp3) is 0.455. The van der Waals surface area contributed by atoms with Crippen LogP contribution in [0, 0.1) is 25.7 Å². The average molecular weight is 607 g/mol. The Labute approximate surface area is 256 Å². The Morgan fingerprint density at radius 1 is 1.02 bits per heavy atom. The van der Waals surface area contributed by atoms with Gasteiger partial charge in [0, 0.05) is 71.6 Å². The van der Waals surface area contributed by atoms with Gasteiger partial charge in [0.2, 0.25) is 5.91 Å². The molecule has 2 aliphatic rings. The molecule has 2 aromatic rings. The predicted octanol–water partition coefficient (Wildman–Crippen LogP) is 3.23. The number of aromatic amines is 2. The second-order valence-corrected chi connectivity index (χ2v) is 11.9. The Bertz CT molecular complexity index is 1570. The van der Waals surface area contributed by atoms with Crippen LogP contribution in [-0.4, -0.2) is 61.2 Å². The normalized spacial score (nSPS) is 21.6. The molecule has 0 unspecified atom stereocenters. The Hall–Kier alpha value is -4.38. The SMILES string of the molecule is C=CC1=C(C)[C@@H](Cc2[nH]c(Cc3[nH]c(/C=C4\NC(=O)[C@H](C)[C@H]4CC)c(C)c3C[C@H](O)C(=O)O)c(CCC(=O)O)c2C)NC1=O. The molecule has 4 rings (SSSR count). The molecule has 44 heavy (non-hydrogen) atoms. The number of hydrogen-bond acceptors (Lipinski definition) is 5. The molecule has 4 atom stereocenters. The quantitative estimate of drug-likeness (QED) is 0.182. The lowest BCUT2D eigenvalue weighted by molar-refractivity contribution is -0.146. The van der Waals surface area contributed by atoms with Crippen LogP contribution in [0.5, 0.6) is 0 Å². The number of aliphatic hydroxyl groups excluding tert-OH is 1. The smallest absolute Gasteiger partial charge is 0.332 e. The van der Waals surface area contributed by atoms with Crippen molar-refractivity contribution in [3.8, 4) is 0 Å². The molecule has 0 aromatic carbocycles. The van der Waals surface area contributed by atoms with E-state index in [2.05, 4.69) is 27.2 Å². The molecule has 236 valence electrons. The fourth-order valence-corrected chi connectivity index (χ4v) is 6.48. The number of aromatic nitrogens is 2. The zero-order valence-corrected chi connectivity index (χ0v) is 25.9. The maximum Gasteiger partial charge on any atom is 0.332 e. The van der Waals surface area contributed by atoms with Crippen LogP contribution in [0.1, 0.15) is 78.6 Å². The van der Waals surface area contributed by atoms with E-state index in [1.807, 2.05) is 40.7 Å². The van der Waals surface area contributed by atoms with E-state index in [1.165, 1.54) is 0 Å². The van der Waals surface area contributed by atoms with Crippen molar-refractivity contribution in [2.24, 2.45) is 11.8 Å². The molecule has 1 fully saturated rings. The number of amides is 2. The Morgan fingerprint density at radius 2 is 1.70 bits per heavy atom. The molecule has 0 saturated carbocycles. The van der Waals surface area contributed by atoms with Crippen LogP contribution in [0.25, 0.3) is 6.08 Å². The second kappa shape index (κ2) is 13.1. The third kappa shape index (κ3) is 6.42. The van der Waals surface area contributed by atoms with Crippen LogP contribution < -0.4 is 10.6 Å². The van der Waals surface area contributed by atoms with Gasteiger partial charge in [-0.3, -0.25) is 14.4 Å². The summed E-state index contributed by atoms with van der Waals surface area (Å²) in [6.07, 6.45) is 3.43. The summed E-state index contributed by atoms with van der Waals surface area (Å²) in [6.45, 7) is 13.3. The highest BCUT2D eigenvalue weighted by atomic mass is 16.4. The second-order valence-electron chi connectivity index (χ2n) is 11.9. The van der Waals surface area contributed by atoms with Crippen LogP contribution in [0.2, 0.25) is 0 Å². The zero-order valence-electron chi connectivity index (χ0n) is 25.9. The number of hydrogen-bond donors (Lipinski definition) is 7. The lowest BCUT2D eigenvalue weighted by Gasteiger charge is -2.12. The predicted molar refractivity (Wildman–Crippen MR) is 165 cm³/mol. The first-order valence-corrected chi connectivity index (χ1v) is 15.0. The summed E-state index contributed by atoms with van der Waals surface area (Å²) in [7, 11) is 0. The topological polar surface area (TPSA) is 185 Å². The van der Waals surface area contributed by atoms with E-state index >= 15 is 0 Å². The maximum atomic E-state index is 12.4. The van der Waals surface area contributed by atoms with Gasteiger partial charge in [-0.1, -0.05) is 26.5 Å². The van der Waals surface area contributed by atoms with E-state index in [4.69, 9.17) is 0 Å². The first kappa shape index (κ1) is 32.5. The van der Waals surface area contributed by atoms with Crippen molar-refractivity contribution < 1.29 is 34.5 Å². The van der Waals surface area contributed by atoms with Gasteiger partial charge >= 0.3 is 11.9 Å². The van der Waals surface area contributed by atoms with Gasteiger partial charge in [0.1, 0.15) is 0 Å². The number of nitrogens with one attached hydrogen (secondary N) is 4. The van der Waals surface area contributed by atoms with Gasteiger partial charge in [0.25, 0.3) is 5.91 Å². The van der Waals surface area contributed by atoms with Gasteiger partial charge in [-0.2, -0.15) is 0 Å². The molecular weight excluding hydrogens is 564 g/mol. The fourth-order valence-electron chi connectivity index (χ4n) is 6.48. The van der Waals surface area contributed by atoms with Crippen molar-refractivity contribution in [3.05, 3.63) is 74.5 Å². The van der Waals surface area contributed by atoms with Crippen LogP contribution in [0.4, 0.5) is 0 Å². The number of carboxylic acids is 2. The highest BCUT2D eigenvalue weighted by molar-refractivity contribution is 6.00. The van der Waals surface area contributed by atoms with Gasteiger partial charge in [-0.15, -0.1) is 0 Å². The van der Waals surface area contributed by atoms with E-state index in [1.54, 1.807) is 6.08 Å². The standard InChI is InChI=1S/C33H42N4O7/c1-7-19-18(6)31(41)37-26(19)13-24-17(5)22(11-29(38)33(43)44)28(35-24)14-27-21(9-10-30(39)40)16(4)23(34-27)12-25-15(3)20(8-2)32(42)36-25/h8,13,18-19,25,29,34-35,38H,2,7,9-12,14H2,1,3-6H3,(H,36,42)(H,37,41)(H,39,40)(H,43,44)/b26-13-/t18-,19-,25-,29+/m1/s1. The molecule has 1 saturated heterocycles. The summed E-state index contributed by atoms with van der Waals surface area (Å²) in [4.78, 5) is 54.9. The number of carboxylic acid groups (broad SMARTS) is 2. The maximum absolute atomic E-state index is 12.4. The van der Waals surface area contributed by atoms with E-state index in [9.17, 15) is 34.5 Å². The van der Waals surface area contributed by atoms with Crippen LogP contribution >= 0.6 is 0 Å². The van der Waals surface area contributed by atoms with E-state index in [0.717, 1.165) is 45.8 Å². The molecule has 0 radical (unpaired) electrons. The summed E-state index contributed by atoms with van der Waals surface area (Å²) < 4.78 is 0. The van der Waals surface area contributed by atoms with Crippen LogP contribution in [-0.2, 0) is 44.9 Å². The van der Waals surface area contributed by atoms with Crippen molar-refractivity contribution in [2.75, 3.05) is 0 Å². The number of carbonyl (C=O) groups excluding carboxylic acids is 2. The molecule has 0 spiro atoms. The molecule has 0 aliphatic carbocycles. The van der Waals surface area contributed by atoms with Crippen molar-refractivity contribution in [3.63, 3.8) is 0 Å². The number of H-pyrrole nitrogens is 2. The van der Waals surface area contributed by atoms with Gasteiger partial charge in [0.15, 0.2) is 6.10 Å². The lowest BCUT2D eigenvalue weighted by atomic mass is 9.92. The van der Waals surface area contributed by atoms with Crippen LogP contribution in [0.15, 0.2) is 29.5 Å². The van der Waals surface area contributed by atoms with Gasteiger partial charge < -0.3 is 35.9 Å². The summed E-state index contributed by atoms with van der Waals surface area (Å²) in [5, 5.41) is 35.2. The average Bonchev–Trinajstić information content (AvgIpc) is 3.60. The Morgan fingerprint density at radius 3 is 2.30 bits per heavy atom. The van der Waals surface area contributed by atoms with E-state index in [0.29, 0.717) is 35.4 Å². The summed E-state index contributed by atoms with van der Waals surface area (Å²) in [5.41, 5.74) is 8.40. The van der Waals surface area contributed by atoms with Gasteiger partial charge in [-0.05, 0) is 67.5 Å². The molecule has 2 aliphatic heterocycles. The van der Waals surface area contributed by atoms with Crippen molar-refractivity contribution in [1.82, 2.24) is 20.6 Å². The Balaban J connectivity index is 1.76. The van der Waals surface area contributed by atoms with Crippen molar-refractivity contribution in [1.29, 1.82) is 0 Å². The minimum absolute atomic E-state index is 0.0214. The highest BCUT2D eigenvalue weighted by Gasteiger charge is 2.34. The van der Waals surface area contributed by atoms with Gasteiger partial charge in [0.05, 0.1) is 6.04 Å². The first-order chi connectivity index (χ1) is 20.8. The largest absolute Gasteiger partial charge is 0.481 e. The summed E-state index contributed by atoms with van der Waals surface area (Å²) in [5.74, 6) is -2.63. The molecular formula is C33H42N4O7. The molecule has 11 nitrogen and oxygen atoms in total. The lowest BCUT2D eigenvalue weighted by Crippen LogP contribution is -2.30. The van der Waals surface area contributed by atoms with Gasteiger partial charge in [-0.25, -0.2) is 4.79 Å². The number of carbonyl (C=O) groups is 4. The Kier molecular flexibility index (Phi) is 9.68. The molecule has 7 N–H and O–H groups in total. The van der Waals surface area contributed by atoms with E-state index in [-0.39, 0.29) is 49.0 Å². The minimum Gasteiger partial charge on any atom is -0.481 e. The number of aliphatic hydroxyl groups is 1. The number of rotatable bonds is 13. The molecule has 4 heterocycles. The summed E-state index contributed by atoms with van der Waals surface area (Å²) >= 11 is 0.